The third-order valence-electron chi connectivity index (χ3n) is 5.10. The zero-order chi connectivity index (χ0) is 19.9. The first-order valence-corrected chi connectivity index (χ1v) is 9.75. The average Bonchev–Trinajstić information content (AvgIpc) is 3.17. The summed E-state index contributed by atoms with van der Waals surface area (Å²) in [5.41, 5.74) is 2.50. The second-order valence-corrected chi connectivity index (χ2v) is 6.67. The van der Waals surface area contributed by atoms with Crippen molar-refractivity contribution >= 4 is 17.7 Å². The maximum Gasteiger partial charge on any atom is 0.414 e. The molecule has 1 aliphatic rings. The second-order valence-electron chi connectivity index (χ2n) is 6.67. The molecule has 28 heavy (non-hydrogen) atoms. The summed E-state index contributed by atoms with van der Waals surface area (Å²) in [5, 5.41) is 3.06. The largest absolute Gasteiger partial charge is 0.447 e. The maximum absolute atomic E-state index is 12.6. The number of likely N-dealkylation sites (N-methyl/N-ethyl adjacent to an activating group) is 1. The number of hydrogen-bond acceptors (Lipinski definition) is 4. The van der Waals surface area contributed by atoms with Crippen LogP contribution in [0.25, 0.3) is 0 Å². The Kier molecular flexibility index (Phi) is 6.66. The molecule has 0 aromatic heterocycles. The maximum atomic E-state index is 12.6. The van der Waals surface area contributed by atoms with Gasteiger partial charge in [0.15, 0.2) is 0 Å². The van der Waals surface area contributed by atoms with Crippen LogP contribution >= 0.6 is 0 Å². The SMILES string of the molecule is CCN(CC)C(CNC(=O)c1ccc(N2CCOC2=O)cc1)c1ccccc1. The number of benzene rings is 2. The lowest BCUT2D eigenvalue weighted by atomic mass is 10.0. The Bertz CT molecular complexity index is 788. The van der Waals surface area contributed by atoms with Crippen LogP contribution in [0.2, 0.25) is 0 Å². The fourth-order valence-corrected chi connectivity index (χ4v) is 3.51. The quantitative estimate of drug-likeness (QED) is 0.761. The molecule has 1 aliphatic heterocycles. The molecule has 1 atom stereocenters. The summed E-state index contributed by atoms with van der Waals surface area (Å²) < 4.78 is 4.95. The highest BCUT2D eigenvalue weighted by atomic mass is 16.6. The van der Waals surface area contributed by atoms with E-state index in [-0.39, 0.29) is 18.0 Å². The van der Waals surface area contributed by atoms with Crippen LogP contribution in [0.3, 0.4) is 0 Å². The molecule has 1 fully saturated rings. The average molecular weight is 381 g/mol. The van der Waals surface area contributed by atoms with Crippen molar-refractivity contribution in [3.63, 3.8) is 0 Å². The van der Waals surface area contributed by atoms with Gasteiger partial charge in [0.1, 0.15) is 6.61 Å². The Morgan fingerprint density at radius 1 is 1.11 bits per heavy atom. The zero-order valence-corrected chi connectivity index (χ0v) is 16.4. The molecule has 2 amide bonds. The van der Waals surface area contributed by atoms with Gasteiger partial charge < -0.3 is 10.1 Å². The highest BCUT2D eigenvalue weighted by Crippen LogP contribution is 2.21. The molecule has 3 rings (SSSR count). The summed E-state index contributed by atoms with van der Waals surface area (Å²) in [4.78, 5) is 28.2. The summed E-state index contributed by atoms with van der Waals surface area (Å²) in [6.45, 7) is 7.54. The molecule has 1 heterocycles. The molecular formula is C22H27N3O3. The topological polar surface area (TPSA) is 61.9 Å². The first kappa shape index (κ1) is 19.9. The van der Waals surface area contributed by atoms with Crippen molar-refractivity contribution in [2.75, 3.05) is 37.7 Å². The van der Waals surface area contributed by atoms with Crippen LogP contribution in [-0.2, 0) is 4.74 Å². The van der Waals surface area contributed by atoms with Crippen molar-refractivity contribution in [3.8, 4) is 0 Å². The number of nitrogens with zero attached hydrogens (tertiary/aromatic N) is 2. The van der Waals surface area contributed by atoms with Crippen molar-refractivity contribution in [1.29, 1.82) is 0 Å². The summed E-state index contributed by atoms with van der Waals surface area (Å²) >= 11 is 0. The van der Waals surface area contributed by atoms with Gasteiger partial charge in [0.05, 0.1) is 12.6 Å². The minimum atomic E-state index is -0.345. The standard InChI is InChI=1S/C22H27N3O3/c1-3-24(4-2)20(17-8-6-5-7-9-17)16-23-21(26)18-10-12-19(13-11-18)25-14-15-28-22(25)27/h5-13,20H,3-4,14-16H2,1-2H3,(H,23,26). The number of hydrogen-bond donors (Lipinski definition) is 1. The van der Waals surface area contributed by atoms with E-state index < -0.39 is 0 Å². The molecule has 1 unspecified atom stereocenters. The Hall–Kier alpha value is -2.86. The third kappa shape index (κ3) is 4.51. The molecule has 0 aliphatic carbocycles. The molecule has 2 aromatic rings. The number of rotatable bonds is 8. The summed E-state index contributed by atoms with van der Waals surface area (Å²) in [7, 11) is 0. The number of carbonyl (C=O) groups excluding carboxylic acids is 2. The molecule has 0 saturated carbocycles. The number of anilines is 1. The Labute approximate surface area is 166 Å². The highest BCUT2D eigenvalue weighted by molar-refractivity contribution is 5.95. The fourth-order valence-electron chi connectivity index (χ4n) is 3.51. The normalized spacial score (nSPS) is 14.8. The molecule has 0 spiro atoms. The minimum absolute atomic E-state index is 0.122. The Morgan fingerprint density at radius 2 is 1.79 bits per heavy atom. The number of carbonyl (C=O) groups is 2. The van der Waals surface area contributed by atoms with Crippen LogP contribution in [0.5, 0.6) is 0 Å². The third-order valence-corrected chi connectivity index (χ3v) is 5.10. The molecule has 6 nitrogen and oxygen atoms in total. The molecule has 2 aromatic carbocycles. The predicted octanol–water partition coefficient (Wildman–Crippen LogP) is 3.46. The van der Waals surface area contributed by atoms with Gasteiger partial charge in [0.2, 0.25) is 0 Å². The van der Waals surface area contributed by atoms with E-state index in [1.54, 1.807) is 29.2 Å². The van der Waals surface area contributed by atoms with Crippen LogP contribution in [-0.4, -0.2) is 49.7 Å². The first-order chi connectivity index (χ1) is 13.6. The van der Waals surface area contributed by atoms with Gasteiger partial charge in [-0.15, -0.1) is 0 Å². The molecule has 0 radical (unpaired) electrons. The van der Waals surface area contributed by atoms with Gasteiger partial charge in [-0.2, -0.15) is 0 Å². The van der Waals surface area contributed by atoms with Crippen LogP contribution in [0, 0.1) is 0 Å². The molecule has 0 bridgehead atoms. The van der Waals surface area contributed by atoms with Crippen LogP contribution in [0.1, 0.15) is 35.8 Å². The van der Waals surface area contributed by atoms with Gasteiger partial charge in [0.25, 0.3) is 5.91 Å². The van der Waals surface area contributed by atoms with Crippen LogP contribution < -0.4 is 10.2 Å². The predicted molar refractivity (Wildman–Crippen MR) is 110 cm³/mol. The number of nitrogens with one attached hydrogen (secondary N) is 1. The molecule has 1 N–H and O–H groups in total. The number of cyclic esters (lactones) is 1. The minimum Gasteiger partial charge on any atom is -0.447 e. The summed E-state index contributed by atoms with van der Waals surface area (Å²) in [5.74, 6) is -0.122. The zero-order valence-electron chi connectivity index (χ0n) is 16.4. The second kappa shape index (κ2) is 9.37. The van der Waals surface area contributed by atoms with Gasteiger partial charge in [-0.05, 0) is 42.9 Å². The first-order valence-electron chi connectivity index (χ1n) is 9.75. The van der Waals surface area contributed by atoms with Gasteiger partial charge in [-0.25, -0.2) is 4.79 Å². The molecule has 1 saturated heterocycles. The van der Waals surface area contributed by atoms with Gasteiger partial charge in [0, 0.05) is 17.8 Å². The van der Waals surface area contributed by atoms with E-state index in [0.717, 1.165) is 18.8 Å². The van der Waals surface area contributed by atoms with E-state index in [9.17, 15) is 9.59 Å². The fraction of sp³-hybridized carbons (Fsp3) is 0.364. The van der Waals surface area contributed by atoms with E-state index in [1.165, 1.54) is 5.56 Å². The summed E-state index contributed by atoms with van der Waals surface area (Å²) in [6, 6.07) is 17.4. The molecular weight excluding hydrogens is 354 g/mol. The van der Waals surface area contributed by atoms with E-state index in [1.807, 2.05) is 18.2 Å². The summed E-state index contributed by atoms with van der Waals surface area (Å²) in [6.07, 6.45) is -0.345. The van der Waals surface area contributed by atoms with Crippen molar-refractivity contribution in [3.05, 3.63) is 65.7 Å². The van der Waals surface area contributed by atoms with Crippen molar-refractivity contribution in [2.45, 2.75) is 19.9 Å². The Balaban J connectivity index is 1.66. The van der Waals surface area contributed by atoms with E-state index in [4.69, 9.17) is 4.74 Å². The van der Waals surface area contributed by atoms with E-state index >= 15 is 0 Å². The van der Waals surface area contributed by atoms with Gasteiger partial charge in [-0.1, -0.05) is 44.2 Å². The number of amides is 2. The van der Waals surface area contributed by atoms with Gasteiger partial charge >= 0.3 is 6.09 Å². The van der Waals surface area contributed by atoms with Gasteiger partial charge in [-0.3, -0.25) is 14.6 Å². The Morgan fingerprint density at radius 3 is 2.36 bits per heavy atom. The lowest BCUT2D eigenvalue weighted by Gasteiger charge is -2.30. The molecule has 6 heteroatoms. The lowest BCUT2D eigenvalue weighted by molar-refractivity contribution is 0.0935. The molecule has 148 valence electrons. The number of ether oxygens (including phenoxy) is 1. The van der Waals surface area contributed by atoms with E-state index in [2.05, 4.69) is 36.2 Å². The van der Waals surface area contributed by atoms with Crippen molar-refractivity contribution < 1.29 is 14.3 Å². The lowest BCUT2D eigenvalue weighted by Crippen LogP contribution is -2.38. The monoisotopic (exact) mass is 381 g/mol. The smallest absolute Gasteiger partial charge is 0.414 e. The van der Waals surface area contributed by atoms with Crippen LogP contribution in [0.15, 0.2) is 54.6 Å². The van der Waals surface area contributed by atoms with Crippen LogP contribution in [0.4, 0.5) is 10.5 Å². The van der Waals surface area contributed by atoms with E-state index in [0.29, 0.717) is 25.3 Å². The van der Waals surface area contributed by atoms with Crippen molar-refractivity contribution in [2.24, 2.45) is 0 Å². The highest BCUT2D eigenvalue weighted by Gasteiger charge is 2.24. The van der Waals surface area contributed by atoms with Crippen molar-refractivity contribution in [1.82, 2.24) is 10.2 Å².